The van der Waals surface area contributed by atoms with E-state index in [0.717, 1.165) is 37.8 Å². The summed E-state index contributed by atoms with van der Waals surface area (Å²) >= 11 is 0. The summed E-state index contributed by atoms with van der Waals surface area (Å²) in [6.07, 6.45) is 2.75. The van der Waals surface area contributed by atoms with Crippen LogP contribution in [0.3, 0.4) is 0 Å². The molecule has 1 heterocycles. The molecule has 0 unspecified atom stereocenters. The first kappa shape index (κ1) is 13.2. The summed E-state index contributed by atoms with van der Waals surface area (Å²) in [6, 6.07) is 5.15. The quantitative estimate of drug-likeness (QED) is 0.815. The number of benzene rings is 1. The molecule has 0 aromatic heterocycles. The van der Waals surface area contributed by atoms with E-state index in [4.69, 9.17) is 5.73 Å². The number of carboxylic acids is 1. The minimum atomic E-state index is -0.910. The third-order valence-corrected chi connectivity index (χ3v) is 4.18. The summed E-state index contributed by atoms with van der Waals surface area (Å²) in [6.45, 7) is 5.01. The van der Waals surface area contributed by atoms with Crippen LogP contribution in [0.5, 0.6) is 0 Å². The smallest absolute Gasteiger partial charge is 0.337 e. The van der Waals surface area contributed by atoms with Gasteiger partial charge in [-0.25, -0.2) is 4.79 Å². The molecule has 1 aromatic rings. The van der Waals surface area contributed by atoms with E-state index in [-0.39, 0.29) is 0 Å². The number of anilines is 2. The van der Waals surface area contributed by atoms with Crippen molar-refractivity contribution in [2.75, 3.05) is 43.4 Å². The van der Waals surface area contributed by atoms with E-state index in [2.05, 4.69) is 9.80 Å². The fraction of sp³-hybridized carbons (Fsp3) is 0.533. The van der Waals surface area contributed by atoms with Gasteiger partial charge in [-0.05, 0) is 37.0 Å². The molecular weight excluding hydrogens is 254 g/mol. The lowest BCUT2D eigenvalue weighted by atomic mass is 10.1. The van der Waals surface area contributed by atoms with Gasteiger partial charge in [0.15, 0.2) is 0 Å². The molecule has 3 N–H and O–H groups in total. The molecule has 20 heavy (non-hydrogen) atoms. The number of aromatic carboxylic acids is 1. The lowest BCUT2D eigenvalue weighted by Gasteiger charge is -2.36. The summed E-state index contributed by atoms with van der Waals surface area (Å²) in [4.78, 5) is 16.0. The number of hydrogen-bond donors (Lipinski definition) is 2. The van der Waals surface area contributed by atoms with Crippen LogP contribution in [0.1, 0.15) is 23.2 Å². The van der Waals surface area contributed by atoms with E-state index in [0.29, 0.717) is 11.3 Å². The third-order valence-electron chi connectivity index (χ3n) is 4.18. The molecule has 1 saturated carbocycles. The SMILES string of the molecule is Nc1ccc(N2CCN(CC3CC3)CC2)c(C(=O)O)c1. The van der Waals surface area contributed by atoms with Gasteiger partial charge < -0.3 is 15.7 Å². The number of rotatable bonds is 4. The van der Waals surface area contributed by atoms with Gasteiger partial charge in [0, 0.05) is 38.4 Å². The Morgan fingerprint density at radius 3 is 2.55 bits per heavy atom. The fourth-order valence-corrected chi connectivity index (χ4v) is 2.84. The van der Waals surface area contributed by atoms with Crippen LogP contribution in [-0.4, -0.2) is 48.7 Å². The van der Waals surface area contributed by atoms with Crippen molar-refractivity contribution in [3.63, 3.8) is 0 Å². The van der Waals surface area contributed by atoms with E-state index in [9.17, 15) is 9.90 Å². The van der Waals surface area contributed by atoms with Crippen LogP contribution in [0.2, 0.25) is 0 Å². The predicted molar refractivity (Wildman–Crippen MR) is 79.2 cm³/mol. The van der Waals surface area contributed by atoms with Crippen molar-refractivity contribution in [1.82, 2.24) is 4.90 Å². The van der Waals surface area contributed by atoms with Crippen LogP contribution in [0.15, 0.2) is 18.2 Å². The second kappa shape index (κ2) is 5.32. The van der Waals surface area contributed by atoms with Crippen molar-refractivity contribution in [2.45, 2.75) is 12.8 Å². The predicted octanol–water partition coefficient (Wildman–Crippen LogP) is 1.50. The van der Waals surface area contributed by atoms with Gasteiger partial charge in [-0.2, -0.15) is 0 Å². The maximum Gasteiger partial charge on any atom is 0.337 e. The van der Waals surface area contributed by atoms with Gasteiger partial charge in [0.2, 0.25) is 0 Å². The molecule has 2 fully saturated rings. The maximum atomic E-state index is 11.3. The molecule has 0 spiro atoms. The molecule has 1 saturated heterocycles. The summed E-state index contributed by atoms with van der Waals surface area (Å²) < 4.78 is 0. The van der Waals surface area contributed by atoms with Crippen LogP contribution in [0.4, 0.5) is 11.4 Å². The molecular formula is C15H21N3O2. The molecule has 0 amide bonds. The normalized spacial score (nSPS) is 20.1. The minimum absolute atomic E-state index is 0.306. The number of carbonyl (C=O) groups is 1. The highest BCUT2D eigenvalue weighted by molar-refractivity contribution is 5.95. The van der Waals surface area contributed by atoms with Crippen molar-refractivity contribution in [3.8, 4) is 0 Å². The first-order valence-electron chi connectivity index (χ1n) is 7.23. The zero-order chi connectivity index (χ0) is 14.1. The molecule has 2 aliphatic rings. The summed E-state index contributed by atoms with van der Waals surface area (Å²) in [5, 5.41) is 9.31. The number of nitrogens with zero attached hydrogens (tertiary/aromatic N) is 2. The number of piperazine rings is 1. The number of hydrogen-bond acceptors (Lipinski definition) is 4. The fourth-order valence-electron chi connectivity index (χ4n) is 2.84. The van der Waals surface area contributed by atoms with Crippen molar-refractivity contribution in [1.29, 1.82) is 0 Å². The average Bonchev–Trinajstić information content (AvgIpc) is 3.24. The molecule has 0 radical (unpaired) electrons. The second-order valence-electron chi connectivity index (χ2n) is 5.81. The zero-order valence-corrected chi connectivity index (χ0v) is 11.6. The molecule has 108 valence electrons. The van der Waals surface area contributed by atoms with E-state index in [1.807, 2.05) is 6.07 Å². The lowest BCUT2D eigenvalue weighted by Crippen LogP contribution is -2.47. The van der Waals surface area contributed by atoms with Crippen molar-refractivity contribution in [2.24, 2.45) is 5.92 Å². The Bertz CT molecular complexity index is 506. The van der Waals surface area contributed by atoms with Gasteiger partial charge >= 0.3 is 5.97 Å². The van der Waals surface area contributed by atoms with Gasteiger partial charge in [-0.1, -0.05) is 0 Å². The van der Waals surface area contributed by atoms with E-state index in [1.54, 1.807) is 12.1 Å². The number of nitrogens with two attached hydrogens (primary N) is 1. The van der Waals surface area contributed by atoms with Gasteiger partial charge in [0.25, 0.3) is 0 Å². The molecule has 1 aliphatic carbocycles. The Labute approximate surface area is 119 Å². The maximum absolute atomic E-state index is 11.3. The van der Waals surface area contributed by atoms with Crippen LogP contribution in [0, 0.1) is 5.92 Å². The number of nitrogen functional groups attached to an aromatic ring is 1. The Morgan fingerprint density at radius 2 is 1.95 bits per heavy atom. The van der Waals surface area contributed by atoms with Crippen LogP contribution in [0.25, 0.3) is 0 Å². The molecule has 5 nitrogen and oxygen atoms in total. The summed E-state index contributed by atoms with van der Waals surface area (Å²) in [7, 11) is 0. The highest BCUT2D eigenvalue weighted by Gasteiger charge is 2.27. The Kier molecular flexibility index (Phi) is 3.53. The highest BCUT2D eigenvalue weighted by Crippen LogP contribution is 2.30. The van der Waals surface area contributed by atoms with E-state index >= 15 is 0 Å². The van der Waals surface area contributed by atoms with E-state index in [1.165, 1.54) is 19.4 Å². The number of carboxylic acid groups (broad SMARTS) is 1. The summed E-state index contributed by atoms with van der Waals surface area (Å²) in [5.74, 6) is 0.000337. The largest absolute Gasteiger partial charge is 0.478 e. The summed E-state index contributed by atoms with van der Waals surface area (Å²) in [5.41, 5.74) is 7.28. The average molecular weight is 275 g/mol. The Hall–Kier alpha value is -1.75. The van der Waals surface area contributed by atoms with Gasteiger partial charge in [-0.3, -0.25) is 4.90 Å². The molecule has 1 aromatic carbocycles. The third kappa shape index (κ3) is 2.88. The van der Waals surface area contributed by atoms with E-state index < -0.39 is 5.97 Å². The molecule has 3 rings (SSSR count). The molecule has 0 atom stereocenters. The van der Waals surface area contributed by atoms with Gasteiger partial charge in [0.05, 0.1) is 11.3 Å². The first-order valence-corrected chi connectivity index (χ1v) is 7.23. The van der Waals surface area contributed by atoms with Crippen LogP contribution < -0.4 is 10.6 Å². The topological polar surface area (TPSA) is 69.8 Å². The van der Waals surface area contributed by atoms with Crippen LogP contribution in [-0.2, 0) is 0 Å². The molecule has 5 heteroatoms. The van der Waals surface area contributed by atoms with Crippen LogP contribution >= 0.6 is 0 Å². The molecule has 1 aliphatic heterocycles. The van der Waals surface area contributed by atoms with Gasteiger partial charge in [0.1, 0.15) is 0 Å². The van der Waals surface area contributed by atoms with Crippen molar-refractivity contribution in [3.05, 3.63) is 23.8 Å². The highest BCUT2D eigenvalue weighted by atomic mass is 16.4. The monoisotopic (exact) mass is 275 g/mol. The van der Waals surface area contributed by atoms with Gasteiger partial charge in [-0.15, -0.1) is 0 Å². The lowest BCUT2D eigenvalue weighted by molar-refractivity contribution is 0.0697. The minimum Gasteiger partial charge on any atom is -0.478 e. The standard InChI is InChI=1S/C15H21N3O2/c16-12-3-4-14(13(9-12)15(19)20)18-7-5-17(6-8-18)10-11-1-2-11/h3-4,9,11H,1-2,5-8,10,16H2,(H,19,20). The van der Waals surface area contributed by atoms with Crippen molar-refractivity contribution >= 4 is 17.3 Å². The Balaban J connectivity index is 1.69. The zero-order valence-electron chi connectivity index (χ0n) is 11.6. The second-order valence-corrected chi connectivity index (χ2v) is 5.81. The van der Waals surface area contributed by atoms with Crippen molar-refractivity contribution < 1.29 is 9.90 Å². The molecule has 0 bridgehead atoms. The Morgan fingerprint density at radius 1 is 1.25 bits per heavy atom. The first-order chi connectivity index (χ1) is 9.63.